The minimum atomic E-state index is 0.924. The van der Waals surface area contributed by atoms with Crippen LogP contribution in [0, 0.1) is 0 Å². The van der Waals surface area contributed by atoms with E-state index in [1.807, 2.05) is 29.5 Å². The first kappa shape index (κ1) is 40.5. The van der Waals surface area contributed by atoms with Gasteiger partial charge in [0, 0.05) is 89.0 Å². The average molecular weight is 905 g/mol. The van der Waals surface area contributed by atoms with E-state index in [0.29, 0.717) is 0 Å². The molecule has 6 nitrogen and oxygen atoms in total. The van der Waals surface area contributed by atoms with Crippen molar-refractivity contribution in [1.29, 1.82) is 0 Å². The lowest BCUT2D eigenvalue weighted by molar-refractivity contribution is 0.997. The van der Waals surface area contributed by atoms with E-state index in [-0.39, 0.29) is 0 Å². The summed E-state index contributed by atoms with van der Waals surface area (Å²) in [5.41, 5.74) is 17.1. The summed E-state index contributed by atoms with van der Waals surface area (Å²) in [6.45, 7) is 0. The molecule has 13 rings (SSSR count). The molecule has 7 heteroatoms. The third kappa shape index (κ3) is 7.28. The van der Waals surface area contributed by atoms with Gasteiger partial charge in [0.1, 0.15) is 11.3 Å². The number of imidazole rings is 2. The van der Waals surface area contributed by atoms with Crippen molar-refractivity contribution < 1.29 is 0 Å². The maximum absolute atomic E-state index is 5.09. The highest BCUT2D eigenvalue weighted by Gasteiger charge is 2.22. The zero-order valence-electron chi connectivity index (χ0n) is 37.6. The lowest BCUT2D eigenvalue weighted by Crippen LogP contribution is -2.16. The van der Waals surface area contributed by atoms with Crippen LogP contribution in [0.3, 0.4) is 0 Å². The zero-order valence-corrected chi connectivity index (χ0v) is 38.4. The van der Waals surface area contributed by atoms with Gasteiger partial charge in [-0.3, -0.25) is 8.80 Å². The van der Waals surface area contributed by atoms with Gasteiger partial charge in [0.2, 0.25) is 0 Å². The van der Waals surface area contributed by atoms with Gasteiger partial charge in [0.05, 0.1) is 22.8 Å². The van der Waals surface area contributed by atoms with Crippen LogP contribution in [-0.2, 0) is 0 Å². The maximum Gasteiger partial charge on any atom is 0.137 e. The highest BCUT2D eigenvalue weighted by atomic mass is 32.1. The van der Waals surface area contributed by atoms with Gasteiger partial charge in [0.15, 0.2) is 0 Å². The van der Waals surface area contributed by atoms with Gasteiger partial charge in [0.25, 0.3) is 0 Å². The van der Waals surface area contributed by atoms with E-state index < -0.39 is 0 Å². The van der Waals surface area contributed by atoms with Crippen LogP contribution in [0.2, 0.25) is 0 Å². The number of benzene rings is 7. The standard InChI is InChI=1S/C62H44N6S/c1-5-17-43(18-6-1)59-61(65-39-15-13-25-57(65)63-59)45-27-31-49(32-28-45)67(47-21-9-3-10-22-47)51-35-37-53-54-38-36-52(42-56(54)69-55(53)41-51)68(48-23-11-4-12-24-48)50-33-29-46(30-34-50)62-60(44-19-7-2-8-20-44)64-58-26-14-16-40-66(58)62/h1-3,5-11,13-42H,4,12H2. The van der Waals surface area contributed by atoms with Gasteiger partial charge in [-0.05, 0) is 104 Å². The molecule has 0 saturated heterocycles. The Morgan fingerprint density at radius 1 is 0.391 bits per heavy atom. The van der Waals surface area contributed by atoms with Crippen LogP contribution in [-0.4, -0.2) is 18.8 Å². The van der Waals surface area contributed by atoms with Crippen molar-refractivity contribution in [3.05, 3.63) is 249 Å². The lowest BCUT2D eigenvalue weighted by Gasteiger charge is -2.28. The Balaban J connectivity index is 0.866. The predicted molar refractivity (Wildman–Crippen MR) is 288 cm³/mol. The van der Waals surface area contributed by atoms with E-state index in [4.69, 9.17) is 9.97 Å². The summed E-state index contributed by atoms with van der Waals surface area (Å²) in [4.78, 5) is 14.9. The first-order chi connectivity index (χ1) is 34.2. The molecule has 0 spiro atoms. The SMILES string of the molecule is C1=CC(N(c2ccc(-c3c(-c4ccccc4)nc4ccccn34)cc2)c2ccc3c(c2)sc2cc(N(c4ccccc4)c4ccc(-c5c(-c6ccccc6)nc6ccccn56)cc4)ccc23)=CCC1. The van der Waals surface area contributed by atoms with Crippen LogP contribution >= 0.6 is 11.3 Å². The minimum Gasteiger partial charge on any atom is -0.311 e. The van der Waals surface area contributed by atoms with Crippen molar-refractivity contribution in [2.24, 2.45) is 0 Å². The van der Waals surface area contributed by atoms with Gasteiger partial charge in [-0.15, -0.1) is 11.3 Å². The van der Waals surface area contributed by atoms with Gasteiger partial charge >= 0.3 is 0 Å². The molecule has 328 valence electrons. The molecule has 0 atom stereocenters. The molecule has 1 aliphatic carbocycles. The second kappa shape index (κ2) is 17.1. The number of aromatic nitrogens is 4. The van der Waals surface area contributed by atoms with Gasteiger partial charge in [-0.1, -0.05) is 140 Å². The van der Waals surface area contributed by atoms with Gasteiger partial charge in [-0.2, -0.15) is 0 Å². The van der Waals surface area contributed by atoms with Crippen LogP contribution in [0.1, 0.15) is 12.8 Å². The number of nitrogens with zero attached hydrogens (tertiary/aromatic N) is 6. The van der Waals surface area contributed by atoms with E-state index in [0.717, 1.165) is 97.6 Å². The molecule has 0 N–H and O–H groups in total. The third-order valence-electron chi connectivity index (χ3n) is 13.2. The van der Waals surface area contributed by atoms with Crippen LogP contribution in [0.15, 0.2) is 249 Å². The highest BCUT2D eigenvalue weighted by molar-refractivity contribution is 7.25. The molecular weight excluding hydrogens is 861 g/mol. The summed E-state index contributed by atoms with van der Waals surface area (Å²) in [6, 6.07) is 75.7. The van der Waals surface area contributed by atoms with Gasteiger partial charge < -0.3 is 9.80 Å². The van der Waals surface area contributed by atoms with Crippen molar-refractivity contribution in [2.45, 2.75) is 12.8 Å². The number of para-hydroxylation sites is 1. The fourth-order valence-electron chi connectivity index (χ4n) is 9.94. The van der Waals surface area contributed by atoms with E-state index in [9.17, 15) is 0 Å². The Kier molecular flexibility index (Phi) is 10.1. The average Bonchev–Trinajstić information content (AvgIpc) is 4.12. The van der Waals surface area contributed by atoms with Crippen LogP contribution < -0.4 is 9.80 Å². The number of allylic oxidation sites excluding steroid dienone is 3. The number of fused-ring (bicyclic) bond motifs is 5. The molecule has 0 amide bonds. The van der Waals surface area contributed by atoms with Crippen molar-refractivity contribution in [3.63, 3.8) is 0 Å². The molecule has 0 unspecified atom stereocenters. The Bertz CT molecular complexity index is 3890. The molecule has 0 fully saturated rings. The molecule has 5 aromatic heterocycles. The fraction of sp³-hybridized carbons (Fsp3) is 0.0323. The van der Waals surface area contributed by atoms with Crippen molar-refractivity contribution in [3.8, 4) is 45.0 Å². The fourth-order valence-corrected chi connectivity index (χ4v) is 11.1. The number of thiophene rings is 1. The molecule has 0 aliphatic heterocycles. The second-order valence-electron chi connectivity index (χ2n) is 17.4. The molecule has 5 heterocycles. The number of pyridine rings is 2. The van der Waals surface area contributed by atoms with E-state index >= 15 is 0 Å². The van der Waals surface area contributed by atoms with Crippen LogP contribution in [0.4, 0.5) is 28.4 Å². The Labute approximate surface area is 404 Å². The Morgan fingerprint density at radius 3 is 1.35 bits per heavy atom. The van der Waals surface area contributed by atoms with E-state index in [1.54, 1.807) is 0 Å². The summed E-state index contributed by atoms with van der Waals surface area (Å²) in [7, 11) is 0. The molecule has 1 aliphatic rings. The number of hydrogen-bond donors (Lipinski definition) is 0. The van der Waals surface area contributed by atoms with Crippen molar-refractivity contribution >= 4 is 71.2 Å². The topological polar surface area (TPSA) is 41.1 Å². The molecule has 0 bridgehead atoms. The smallest absolute Gasteiger partial charge is 0.137 e. The largest absolute Gasteiger partial charge is 0.311 e. The normalized spacial score (nSPS) is 12.6. The molecule has 7 aromatic carbocycles. The first-order valence-corrected chi connectivity index (χ1v) is 24.3. The van der Waals surface area contributed by atoms with E-state index in [1.165, 1.54) is 25.9 Å². The second-order valence-corrected chi connectivity index (χ2v) is 18.5. The lowest BCUT2D eigenvalue weighted by atomic mass is 10.0. The third-order valence-corrected chi connectivity index (χ3v) is 14.3. The maximum atomic E-state index is 5.09. The molecule has 0 radical (unpaired) electrons. The zero-order chi connectivity index (χ0) is 45.7. The summed E-state index contributed by atoms with van der Waals surface area (Å²) >= 11 is 1.85. The Hall–Kier alpha value is -8.78. The number of anilines is 5. The Morgan fingerprint density at radius 2 is 0.841 bits per heavy atom. The summed E-state index contributed by atoms with van der Waals surface area (Å²) < 4.78 is 6.88. The summed E-state index contributed by atoms with van der Waals surface area (Å²) in [5.74, 6) is 0. The first-order valence-electron chi connectivity index (χ1n) is 23.5. The highest BCUT2D eigenvalue weighted by Crippen LogP contribution is 2.44. The predicted octanol–water partition coefficient (Wildman–Crippen LogP) is 16.9. The summed E-state index contributed by atoms with van der Waals surface area (Å²) in [6.07, 6.45) is 13.2. The monoisotopic (exact) mass is 904 g/mol. The van der Waals surface area contributed by atoms with Gasteiger partial charge in [-0.25, -0.2) is 9.97 Å². The minimum absolute atomic E-state index is 0.924. The molecule has 0 saturated carbocycles. The molecule has 69 heavy (non-hydrogen) atoms. The molecular formula is C62H44N6S. The van der Waals surface area contributed by atoms with Crippen LogP contribution in [0.5, 0.6) is 0 Å². The summed E-state index contributed by atoms with van der Waals surface area (Å²) in [5, 5.41) is 2.51. The van der Waals surface area contributed by atoms with Crippen molar-refractivity contribution in [1.82, 2.24) is 18.8 Å². The number of hydrogen-bond acceptors (Lipinski definition) is 5. The number of rotatable bonds is 10. The molecule has 12 aromatic rings. The quantitative estimate of drug-likeness (QED) is 0.137. The van der Waals surface area contributed by atoms with E-state index in [2.05, 4.69) is 243 Å². The van der Waals surface area contributed by atoms with Crippen LogP contribution in [0.25, 0.3) is 76.5 Å². The van der Waals surface area contributed by atoms with Crippen molar-refractivity contribution in [2.75, 3.05) is 9.80 Å².